The lowest BCUT2D eigenvalue weighted by molar-refractivity contribution is -0.119. The van der Waals surface area contributed by atoms with Gasteiger partial charge in [0.1, 0.15) is 5.82 Å². The Morgan fingerprint density at radius 1 is 0.881 bits per heavy atom. The molecule has 1 unspecified atom stereocenters. The summed E-state index contributed by atoms with van der Waals surface area (Å²) in [6.45, 7) is 6.93. The van der Waals surface area contributed by atoms with Crippen LogP contribution in [0.3, 0.4) is 0 Å². The van der Waals surface area contributed by atoms with Crippen LogP contribution in [0.15, 0.2) is 36.4 Å². The van der Waals surface area contributed by atoms with Crippen molar-refractivity contribution in [3.8, 4) is 0 Å². The average Bonchev–Trinajstić information content (AvgIpc) is 3.15. The van der Waals surface area contributed by atoms with Crippen molar-refractivity contribution in [3.63, 3.8) is 0 Å². The first kappa shape index (κ1) is 30.4. The van der Waals surface area contributed by atoms with Crippen LogP contribution in [0.25, 0.3) is 0 Å². The molecule has 0 bridgehead atoms. The van der Waals surface area contributed by atoms with E-state index < -0.39 is 46.6 Å². The summed E-state index contributed by atoms with van der Waals surface area (Å²) < 4.78 is 41.9. The minimum absolute atomic E-state index is 0.0396. The third kappa shape index (κ3) is 6.17. The van der Waals surface area contributed by atoms with Crippen molar-refractivity contribution in [2.75, 3.05) is 23.7 Å². The Morgan fingerprint density at radius 3 is 2.17 bits per heavy atom. The molecule has 0 aliphatic carbocycles. The number of hydrogen-bond acceptors (Lipinski definition) is 4. The molecule has 0 spiro atoms. The van der Waals surface area contributed by atoms with Crippen molar-refractivity contribution in [2.24, 2.45) is 7.05 Å². The van der Waals surface area contributed by atoms with Gasteiger partial charge in [-0.05, 0) is 82.0 Å². The van der Waals surface area contributed by atoms with Gasteiger partial charge in [-0.2, -0.15) is 0 Å². The fourth-order valence-electron chi connectivity index (χ4n) is 5.28. The summed E-state index contributed by atoms with van der Waals surface area (Å²) in [7, 11) is 1.58. The van der Waals surface area contributed by atoms with Gasteiger partial charge in [0.05, 0.1) is 16.8 Å². The van der Waals surface area contributed by atoms with Gasteiger partial charge in [0.2, 0.25) is 0 Å². The number of piperidine rings is 1. The van der Waals surface area contributed by atoms with Gasteiger partial charge in [-0.1, -0.05) is 0 Å². The number of aryl methyl sites for hydroxylation is 1. The van der Waals surface area contributed by atoms with E-state index in [-0.39, 0.29) is 23.5 Å². The number of hydrogen-bond donors (Lipinski definition) is 3. The fraction of sp³-hybridized carbons (Fsp3) is 0.333. The largest absolute Gasteiger partial charge is 0.344 e. The highest BCUT2D eigenvalue weighted by Gasteiger charge is 2.37. The Bertz CT molecular complexity index is 1600. The van der Waals surface area contributed by atoms with Gasteiger partial charge in [-0.15, -0.1) is 0 Å². The van der Waals surface area contributed by atoms with Crippen LogP contribution >= 0.6 is 0 Å². The van der Waals surface area contributed by atoms with Crippen molar-refractivity contribution < 1.29 is 32.3 Å². The lowest BCUT2D eigenvalue weighted by Crippen LogP contribution is -2.59. The van der Waals surface area contributed by atoms with Gasteiger partial charge >= 0.3 is 6.03 Å². The zero-order chi connectivity index (χ0) is 30.9. The maximum Gasteiger partial charge on any atom is 0.321 e. The molecular weight excluding hydrogens is 551 g/mol. The maximum atomic E-state index is 13.6. The van der Waals surface area contributed by atoms with Crippen molar-refractivity contribution in [2.45, 2.75) is 46.1 Å². The van der Waals surface area contributed by atoms with Crippen LogP contribution in [0.1, 0.15) is 57.4 Å². The minimum atomic E-state index is -1.10. The van der Waals surface area contributed by atoms with E-state index in [2.05, 4.69) is 16.0 Å². The molecular formula is C30H32F3N5O4. The predicted octanol–water partition coefficient (Wildman–Crippen LogP) is 5.01. The molecule has 42 heavy (non-hydrogen) atoms. The molecule has 1 saturated heterocycles. The number of anilines is 2. The van der Waals surface area contributed by atoms with Gasteiger partial charge in [0.25, 0.3) is 17.6 Å². The molecule has 2 heterocycles. The maximum absolute atomic E-state index is 13.6. The summed E-state index contributed by atoms with van der Waals surface area (Å²) in [4.78, 5) is 54.0. The number of urea groups is 1. The first-order chi connectivity index (χ1) is 19.7. The summed E-state index contributed by atoms with van der Waals surface area (Å²) in [5.41, 5.74) is 0.906. The topological polar surface area (TPSA) is 113 Å². The molecule has 12 heteroatoms. The van der Waals surface area contributed by atoms with E-state index in [9.17, 15) is 32.3 Å². The molecule has 0 radical (unpaired) electrons. The molecule has 0 saturated carbocycles. The number of amides is 4. The molecule has 1 aliphatic heterocycles. The number of benzene rings is 2. The lowest BCUT2D eigenvalue weighted by Gasteiger charge is -2.40. The second-order valence-corrected chi connectivity index (χ2v) is 10.8. The van der Waals surface area contributed by atoms with E-state index in [0.29, 0.717) is 41.9 Å². The molecule has 2 aromatic carbocycles. The summed E-state index contributed by atoms with van der Waals surface area (Å²) in [5, 5.41) is 7.98. The van der Waals surface area contributed by atoms with Crippen LogP contribution in [-0.2, 0) is 11.8 Å². The van der Waals surface area contributed by atoms with Crippen LogP contribution in [0.5, 0.6) is 0 Å². The number of nitrogens with zero attached hydrogens (tertiary/aromatic N) is 2. The van der Waals surface area contributed by atoms with Gasteiger partial charge in [0.15, 0.2) is 11.6 Å². The van der Waals surface area contributed by atoms with Crippen molar-refractivity contribution in [1.82, 2.24) is 14.8 Å². The number of carbonyl (C=O) groups is 4. The highest BCUT2D eigenvalue weighted by molar-refractivity contribution is 6.43. The minimum Gasteiger partial charge on any atom is -0.344 e. The molecule has 222 valence electrons. The third-order valence-electron chi connectivity index (χ3n) is 7.56. The Morgan fingerprint density at radius 2 is 1.52 bits per heavy atom. The normalized spacial score (nSPS) is 16.6. The molecule has 4 rings (SSSR count). The highest BCUT2D eigenvalue weighted by atomic mass is 19.2. The SMILES string of the molecule is Cc1cc(NC(=O)c2c(C)c(C(=O)C(=O)NC3(C)CCCN(C(=O)Nc4ccc(F)c(F)c4)C3)n(C)c2C)ccc1F. The zero-order valence-electron chi connectivity index (χ0n) is 24.0. The highest BCUT2D eigenvalue weighted by Crippen LogP contribution is 2.26. The average molecular weight is 584 g/mol. The number of nitrogens with one attached hydrogen (secondary N) is 3. The number of Topliss-reactive ketones (excluding diaryl/α,β-unsaturated/α-hetero) is 1. The second-order valence-electron chi connectivity index (χ2n) is 10.8. The lowest BCUT2D eigenvalue weighted by atomic mass is 9.90. The van der Waals surface area contributed by atoms with E-state index in [1.165, 1.54) is 33.7 Å². The van der Waals surface area contributed by atoms with E-state index in [1.807, 2.05) is 0 Å². The number of aromatic nitrogens is 1. The van der Waals surface area contributed by atoms with Gasteiger partial charge < -0.3 is 25.4 Å². The van der Waals surface area contributed by atoms with E-state index in [0.717, 1.165) is 12.1 Å². The predicted molar refractivity (Wildman–Crippen MR) is 151 cm³/mol. The molecule has 1 aromatic heterocycles. The van der Waals surface area contributed by atoms with Crippen molar-refractivity contribution in [1.29, 1.82) is 0 Å². The van der Waals surface area contributed by atoms with Crippen LogP contribution < -0.4 is 16.0 Å². The van der Waals surface area contributed by atoms with Crippen LogP contribution in [0, 0.1) is 38.2 Å². The van der Waals surface area contributed by atoms with Crippen molar-refractivity contribution in [3.05, 3.63) is 81.9 Å². The Hall–Kier alpha value is -4.61. The molecule has 4 amide bonds. The molecule has 3 N–H and O–H groups in total. The van der Waals surface area contributed by atoms with Gasteiger partial charge in [0, 0.05) is 43.3 Å². The zero-order valence-corrected chi connectivity index (χ0v) is 24.0. The number of ketones is 1. The van der Waals surface area contributed by atoms with Crippen LogP contribution in [-0.4, -0.2) is 51.7 Å². The summed E-state index contributed by atoms with van der Waals surface area (Å²) in [6.07, 6.45) is 1.00. The van der Waals surface area contributed by atoms with Gasteiger partial charge in [-0.25, -0.2) is 18.0 Å². The summed E-state index contributed by atoms with van der Waals surface area (Å²) in [5.74, 6) is -4.79. The number of likely N-dealkylation sites (tertiary alicyclic amines) is 1. The van der Waals surface area contributed by atoms with Gasteiger partial charge in [-0.3, -0.25) is 14.4 Å². The van der Waals surface area contributed by atoms with E-state index in [1.54, 1.807) is 34.7 Å². The Kier molecular flexibility index (Phi) is 8.46. The van der Waals surface area contributed by atoms with E-state index in [4.69, 9.17) is 0 Å². The Labute approximate surface area is 241 Å². The fourth-order valence-corrected chi connectivity index (χ4v) is 5.28. The first-order valence-electron chi connectivity index (χ1n) is 13.3. The number of rotatable bonds is 6. The van der Waals surface area contributed by atoms with Crippen molar-refractivity contribution >= 4 is 35.0 Å². The van der Waals surface area contributed by atoms with E-state index >= 15 is 0 Å². The van der Waals surface area contributed by atoms with Crippen LogP contribution in [0.4, 0.5) is 29.3 Å². The number of carbonyl (C=O) groups excluding carboxylic acids is 4. The molecule has 1 aliphatic rings. The molecule has 1 atom stereocenters. The van der Waals surface area contributed by atoms with Crippen LogP contribution in [0.2, 0.25) is 0 Å². The molecule has 3 aromatic rings. The summed E-state index contributed by atoms with van der Waals surface area (Å²) >= 11 is 0. The number of halogens is 3. The monoisotopic (exact) mass is 583 g/mol. The second kappa shape index (κ2) is 11.7. The molecule has 1 fully saturated rings. The molecule has 9 nitrogen and oxygen atoms in total. The quantitative estimate of drug-likeness (QED) is 0.280. The first-order valence-corrected chi connectivity index (χ1v) is 13.3. The standard InChI is InChI=1S/C30H32F3N5O4/c1-16-13-19(7-9-21(16)31)34-27(40)24-17(2)25(37(5)18(24)3)26(39)28(41)36-30(4)11-6-12-38(15-30)29(42)35-20-8-10-22(32)23(33)14-20/h7-10,13-14H,6,11-12,15H2,1-5H3,(H,34,40)(H,35,42)(H,36,41). The third-order valence-corrected chi connectivity index (χ3v) is 7.56. The summed E-state index contributed by atoms with van der Waals surface area (Å²) in [6, 6.07) is 6.62. The smallest absolute Gasteiger partial charge is 0.321 e. The Balaban J connectivity index is 1.47.